The Morgan fingerprint density at radius 1 is 0.964 bits per heavy atom. The van der Waals surface area contributed by atoms with Crippen LogP contribution in [0.4, 0.5) is 0 Å². The zero-order valence-electron chi connectivity index (χ0n) is 14.9. The number of nitrogens with zero attached hydrogens (tertiary/aromatic N) is 2. The van der Waals surface area contributed by atoms with Crippen LogP contribution < -0.4 is 4.74 Å². The minimum absolute atomic E-state index is 0.00190. The fourth-order valence-corrected chi connectivity index (χ4v) is 4.57. The standard InChI is InChI=1S/C21H16N2O4S/c1-27-19-12-6-5-11-17(19)20(24)18-14-15-8-7-13-22-21(15)23(18)28(25,26)16-9-3-2-4-10-16/h2-14H,1H3. The maximum Gasteiger partial charge on any atom is 0.270 e. The summed E-state index contributed by atoms with van der Waals surface area (Å²) in [4.78, 5) is 17.6. The van der Waals surface area contributed by atoms with Crippen LogP contribution in [-0.4, -0.2) is 30.3 Å². The molecule has 0 unspecified atom stereocenters. The topological polar surface area (TPSA) is 78.3 Å². The largest absolute Gasteiger partial charge is 0.496 e. The number of carbonyl (C=O) groups excluding carboxylic acids is 1. The van der Waals surface area contributed by atoms with Crippen LogP contribution in [0.25, 0.3) is 11.0 Å². The van der Waals surface area contributed by atoms with E-state index in [0.717, 1.165) is 3.97 Å². The van der Waals surface area contributed by atoms with Gasteiger partial charge in [0.2, 0.25) is 5.78 Å². The highest BCUT2D eigenvalue weighted by atomic mass is 32.2. The number of ketones is 1. The van der Waals surface area contributed by atoms with Crippen molar-refractivity contribution in [3.8, 4) is 5.75 Å². The van der Waals surface area contributed by atoms with Gasteiger partial charge in [-0.1, -0.05) is 30.3 Å². The van der Waals surface area contributed by atoms with E-state index in [2.05, 4.69) is 4.98 Å². The summed E-state index contributed by atoms with van der Waals surface area (Å²) >= 11 is 0. The van der Waals surface area contributed by atoms with Crippen LogP contribution in [-0.2, 0) is 10.0 Å². The van der Waals surface area contributed by atoms with Crippen molar-refractivity contribution in [1.82, 2.24) is 8.96 Å². The third-order valence-corrected chi connectivity index (χ3v) is 6.10. The Balaban J connectivity index is 2.01. The van der Waals surface area contributed by atoms with Crippen LogP contribution in [0.1, 0.15) is 16.1 Å². The van der Waals surface area contributed by atoms with Crippen molar-refractivity contribution in [3.05, 3.63) is 90.3 Å². The van der Waals surface area contributed by atoms with Gasteiger partial charge in [0.15, 0.2) is 5.65 Å². The molecule has 6 nitrogen and oxygen atoms in total. The SMILES string of the molecule is COc1ccccc1C(=O)c1cc2cccnc2n1S(=O)(=O)c1ccccc1. The number of aromatic nitrogens is 2. The average molecular weight is 392 g/mol. The molecule has 0 bridgehead atoms. The van der Waals surface area contributed by atoms with Crippen LogP contribution in [0.3, 0.4) is 0 Å². The van der Waals surface area contributed by atoms with Crippen LogP contribution >= 0.6 is 0 Å². The Morgan fingerprint density at radius 3 is 2.43 bits per heavy atom. The molecule has 140 valence electrons. The van der Waals surface area contributed by atoms with E-state index in [1.165, 1.54) is 31.5 Å². The first-order chi connectivity index (χ1) is 13.5. The molecule has 0 aliphatic heterocycles. The van der Waals surface area contributed by atoms with E-state index in [1.807, 2.05) is 0 Å². The maximum atomic E-state index is 13.4. The van der Waals surface area contributed by atoms with Gasteiger partial charge in [-0.05, 0) is 42.5 Å². The van der Waals surface area contributed by atoms with E-state index in [0.29, 0.717) is 11.1 Å². The van der Waals surface area contributed by atoms with Gasteiger partial charge in [0.25, 0.3) is 10.0 Å². The minimum Gasteiger partial charge on any atom is -0.496 e. The third-order valence-electron chi connectivity index (χ3n) is 4.39. The smallest absolute Gasteiger partial charge is 0.270 e. The molecule has 2 aromatic carbocycles. The van der Waals surface area contributed by atoms with Crippen LogP contribution in [0.2, 0.25) is 0 Å². The van der Waals surface area contributed by atoms with Crippen molar-refractivity contribution in [2.45, 2.75) is 4.90 Å². The number of hydrogen-bond donors (Lipinski definition) is 0. The van der Waals surface area contributed by atoms with Gasteiger partial charge in [0, 0.05) is 11.6 Å². The number of ether oxygens (including phenoxy) is 1. The lowest BCUT2D eigenvalue weighted by molar-refractivity contribution is 0.103. The molecule has 4 rings (SSSR count). The first-order valence-corrected chi connectivity index (χ1v) is 9.93. The van der Waals surface area contributed by atoms with Crippen LogP contribution in [0, 0.1) is 0 Å². The monoisotopic (exact) mass is 392 g/mol. The molecule has 0 saturated carbocycles. The van der Waals surface area contributed by atoms with E-state index < -0.39 is 15.8 Å². The maximum absolute atomic E-state index is 13.4. The van der Waals surface area contributed by atoms with E-state index >= 15 is 0 Å². The quantitative estimate of drug-likeness (QED) is 0.486. The summed E-state index contributed by atoms with van der Waals surface area (Å²) in [5, 5.41) is 0.556. The summed E-state index contributed by atoms with van der Waals surface area (Å²) in [6.45, 7) is 0. The summed E-state index contributed by atoms with van der Waals surface area (Å²) in [6.07, 6.45) is 1.50. The Bertz CT molecular complexity index is 1280. The van der Waals surface area contributed by atoms with E-state index in [-0.39, 0.29) is 21.8 Å². The molecule has 7 heteroatoms. The van der Waals surface area contributed by atoms with Crippen molar-refractivity contribution < 1.29 is 17.9 Å². The summed E-state index contributed by atoms with van der Waals surface area (Å²) < 4.78 is 33.0. The number of rotatable bonds is 5. The molecule has 0 N–H and O–H groups in total. The normalized spacial score (nSPS) is 11.5. The number of methoxy groups -OCH3 is 1. The van der Waals surface area contributed by atoms with Gasteiger partial charge >= 0.3 is 0 Å². The molecule has 0 aliphatic carbocycles. The fourth-order valence-electron chi connectivity index (χ4n) is 3.08. The molecule has 4 aromatic rings. The molecule has 0 saturated heterocycles. The lowest BCUT2D eigenvalue weighted by Crippen LogP contribution is -2.19. The van der Waals surface area contributed by atoms with Gasteiger partial charge in [0.05, 0.1) is 17.6 Å². The van der Waals surface area contributed by atoms with Gasteiger partial charge in [-0.3, -0.25) is 4.79 Å². The molecular formula is C21H16N2O4S. The number of carbonyl (C=O) groups is 1. The van der Waals surface area contributed by atoms with Gasteiger partial charge < -0.3 is 4.74 Å². The highest BCUT2D eigenvalue weighted by Gasteiger charge is 2.28. The number of fused-ring (bicyclic) bond motifs is 1. The highest BCUT2D eigenvalue weighted by molar-refractivity contribution is 7.90. The predicted molar refractivity (Wildman–Crippen MR) is 105 cm³/mol. The fraction of sp³-hybridized carbons (Fsp3) is 0.0476. The first kappa shape index (κ1) is 17.9. The number of hydrogen-bond acceptors (Lipinski definition) is 5. The van der Waals surface area contributed by atoms with Crippen LogP contribution in [0.5, 0.6) is 5.75 Å². The Kier molecular flexibility index (Phi) is 4.44. The second kappa shape index (κ2) is 6.94. The Labute approximate surface area is 162 Å². The summed E-state index contributed by atoms with van der Waals surface area (Å²) in [5.41, 5.74) is 0.476. The second-order valence-corrected chi connectivity index (χ2v) is 7.84. The first-order valence-electron chi connectivity index (χ1n) is 8.49. The second-order valence-electron chi connectivity index (χ2n) is 6.06. The summed E-state index contributed by atoms with van der Waals surface area (Å²) in [6, 6.07) is 19.6. The van der Waals surface area contributed by atoms with Gasteiger partial charge in [0.1, 0.15) is 11.4 Å². The number of para-hydroxylation sites is 1. The molecule has 0 fully saturated rings. The number of pyridine rings is 1. The van der Waals surface area contributed by atoms with Crippen molar-refractivity contribution in [2.75, 3.05) is 7.11 Å². The molecule has 0 atom stereocenters. The lowest BCUT2D eigenvalue weighted by Gasteiger charge is -2.12. The van der Waals surface area contributed by atoms with Gasteiger partial charge in [-0.25, -0.2) is 17.4 Å². The molecule has 0 spiro atoms. The zero-order chi connectivity index (χ0) is 19.7. The Hall–Kier alpha value is -3.45. The third kappa shape index (κ3) is 2.86. The molecule has 0 aliphatic rings. The van der Waals surface area contributed by atoms with Crippen molar-refractivity contribution in [1.29, 1.82) is 0 Å². The van der Waals surface area contributed by atoms with E-state index in [9.17, 15) is 13.2 Å². The highest BCUT2D eigenvalue weighted by Crippen LogP contribution is 2.28. The summed E-state index contributed by atoms with van der Waals surface area (Å²) in [7, 11) is -2.57. The summed E-state index contributed by atoms with van der Waals surface area (Å²) in [5.74, 6) is -0.0932. The lowest BCUT2D eigenvalue weighted by atomic mass is 10.1. The minimum atomic E-state index is -4.03. The number of benzene rings is 2. The molecule has 0 radical (unpaired) electrons. The molecule has 0 amide bonds. The van der Waals surface area contributed by atoms with Crippen molar-refractivity contribution in [2.24, 2.45) is 0 Å². The Morgan fingerprint density at radius 2 is 1.68 bits per heavy atom. The molecule has 28 heavy (non-hydrogen) atoms. The molecule has 2 aromatic heterocycles. The molecular weight excluding hydrogens is 376 g/mol. The van der Waals surface area contributed by atoms with E-state index in [1.54, 1.807) is 54.6 Å². The van der Waals surface area contributed by atoms with Crippen LogP contribution in [0.15, 0.2) is 83.9 Å². The van der Waals surface area contributed by atoms with Gasteiger partial charge in [-0.15, -0.1) is 0 Å². The van der Waals surface area contributed by atoms with Crippen molar-refractivity contribution in [3.63, 3.8) is 0 Å². The zero-order valence-corrected chi connectivity index (χ0v) is 15.8. The van der Waals surface area contributed by atoms with Crippen molar-refractivity contribution >= 4 is 26.8 Å². The molecule has 2 heterocycles. The van der Waals surface area contributed by atoms with Gasteiger partial charge in [-0.2, -0.15) is 0 Å². The van der Waals surface area contributed by atoms with E-state index in [4.69, 9.17) is 4.74 Å². The predicted octanol–water partition coefficient (Wildman–Crippen LogP) is 3.51. The average Bonchev–Trinajstić information content (AvgIpc) is 3.14.